The number of aromatic nitrogens is 3. The summed E-state index contributed by atoms with van der Waals surface area (Å²) >= 11 is 0. The number of thiazole rings is 1. The Labute approximate surface area is 104 Å². The zero-order valence-corrected chi connectivity index (χ0v) is 11.4. The minimum Gasteiger partial charge on any atom is -0.339 e. The summed E-state index contributed by atoms with van der Waals surface area (Å²) in [6.45, 7) is 8.25. The van der Waals surface area contributed by atoms with Crippen molar-refractivity contribution in [3.63, 3.8) is 0 Å². The van der Waals surface area contributed by atoms with Crippen molar-refractivity contribution >= 4 is 15.6 Å². The number of nitrogens with two attached hydrogens (primary N) is 1. The van der Waals surface area contributed by atoms with Crippen molar-refractivity contribution in [1.82, 2.24) is 15.0 Å². The van der Waals surface area contributed by atoms with Crippen LogP contribution in [0.5, 0.6) is 0 Å². The van der Waals surface area contributed by atoms with Crippen LogP contribution in [0, 0.1) is 6.92 Å². The van der Waals surface area contributed by atoms with Gasteiger partial charge in [-0.15, -0.1) is 0 Å². The second-order valence-corrected chi connectivity index (χ2v) is 6.76. The molecule has 4 nitrogen and oxygen atoms in total. The van der Waals surface area contributed by atoms with Crippen LogP contribution in [0.3, 0.4) is 0 Å². The van der Waals surface area contributed by atoms with Gasteiger partial charge in [0.2, 0.25) is 0 Å². The van der Waals surface area contributed by atoms with E-state index in [0.717, 1.165) is 16.5 Å². The predicted octanol–water partition coefficient (Wildman–Crippen LogP) is 2.80. The van der Waals surface area contributed by atoms with Crippen LogP contribution in [0.4, 0.5) is 5.13 Å². The minimum atomic E-state index is -0.296. The van der Waals surface area contributed by atoms with Crippen LogP contribution < -0.4 is 5.73 Å². The molecule has 0 aliphatic carbocycles. The van der Waals surface area contributed by atoms with E-state index in [0.29, 0.717) is 5.13 Å². The molecule has 0 bridgehead atoms. The molecular formula is C12H17N4S+. The molecular weight excluding hydrogens is 232 g/mol. The van der Waals surface area contributed by atoms with E-state index in [1.807, 2.05) is 13.0 Å². The van der Waals surface area contributed by atoms with Gasteiger partial charge in [-0.25, -0.2) is 4.98 Å². The average molecular weight is 249 g/mol. The lowest BCUT2D eigenvalue weighted by molar-refractivity contribution is 0.546. The first-order valence-corrected chi connectivity index (χ1v) is 6.76. The smallest absolute Gasteiger partial charge is 0.339 e. The Kier molecular flexibility index (Phi) is 2.87. The fourth-order valence-corrected chi connectivity index (χ4v) is 2.96. The number of hydrogen-bond donors (Lipinski definition) is 1. The van der Waals surface area contributed by atoms with Crippen molar-refractivity contribution < 1.29 is 0 Å². The molecule has 2 aromatic rings. The molecule has 0 saturated heterocycles. The van der Waals surface area contributed by atoms with Gasteiger partial charge in [-0.1, -0.05) is 20.8 Å². The molecule has 2 aromatic heterocycles. The van der Waals surface area contributed by atoms with E-state index < -0.39 is 0 Å². The Morgan fingerprint density at radius 2 is 1.94 bits per heavy atom. The quantitative estimate of drug-likeness (QED) is 0.789. The van der Waals surface area contributed by atoms with Gasteiger partial charge in [0.15, 0.2) is 5.38 Å². The Morgan fingerprint density at radius 1 is 1.24 bits per heavy atom. The van der Waals surface area contributed by atoms with Gasteiger partial charge in [0.05, 0.1) is 16.2 Å². The number of anilines is 1. The van der Waals surface area contributed by atoms with Gasteiger partial charge >= 0.3 is 5.13 Å². The maximum absolute atomic E-state index is 5.91. The molecule has 1 atom stereocenters. The van der Waals surface area contributed by atoms with Gasteiger partial charge in [-0.05, 0) is 6.92 Å². The largest absolute Gasteiger partial charge is 0.344 e. The van der Waals surface area contributed by atoms with Crippen LogP contribution in [0.15, 0.2) is 17.6 Å². The molecule has 90 valence electrons. The van der Waals surface area contributed by atoms with Crippen molar-refractivity contribution in [2.75, 3.05) is 5.73 Å². The van der Waals surface area contributed by atoms with Crippen LogP contribution in [-0.2, 0) is 5.41 Å². The molecule has 2 rings (SSSR count). The average Bonchev–Trinajstić information content (AvgIpc) is 2.57. The van der Waals surface area contributed by atoms with E-state index in [-0.39, 0.29) is 15.9 Å². The molecule has 0 fully saturated rings. The third kappa shape index (κ3) is 2.44. The van der Waals surface area contributed by atoms with Gasteiger partial charge in [0, 0.05) is 17.7 Å². The molecule has 2 heterocycles. The lowest BCUT2D eigenvalue weighted by atomic mass is 9.96. The molecule has 0 aliphatic rings. The number of rotatable bonds is 1. The van der Waals surface area contributed by atoms with Crippen molar-refractivity contribution in [2.45, 2.75) is 33.1 Å². The molecule has 0 aliphatic heterocycles. The van der Waals surface area contributed by atoms with Crippen molar-refractivity contribution in [3.8, 4) is 5.03 Å². The number of aryl methyl sites for hydroxylation is 1. The summed E-state index contributed by atoms with van der Waals surface area (Å²) < 4.78 is 0. The van der Waals surface area contributed by atoms with Crippen LogP contribution in [-0.4, -0.2) is 15.0 Å². The standard InChI is InChI=1S/C12H17N4S/c1-8-7-17(11(13)15-8)9-5-6-14-10(16-9)12(2,3)4/h5-7H,1-4H3,(H2,13,15)/q+1. The first-order valence-electron chi connectivity index (χ1n) is 5.47. The summed E-state index contributed by atoms with van der Waals surface area (Å²) in [5.74, 6) is 0.841. The summed E-state index contributed by atoms with van der Waals surface area (Å²) in [6, 6.07) is 1.91. The zero-order chi connectivity index (χ0) is 12.6. The SMILES string of the molecule is Cc1c[s+](-c2ccnc(C(C)(C)C)n2)c(N)n1. The van der Waals surface area contributed by atoms with E-state index in [1.165, 1.54) is 0 Å². The maximum atomic E-state index is 5.91. The van der Waals surface area contributed by atoms with Gasteiger partial charge in [0.1, 0.15) is 5.82 Å². The lowest BCUT2D eigenvalue weighted by Gasteiger charge is -2.15. The first-order chi connectivity index (χ1) is 7.88. The Bertz CT molecular complexity index is 540. The molecule has 5 heteroatoms. The minimum absolute atomic E-state index is 0.0518. The predicted molar refractivity (Wildman–Crippen MR) is 71.5 cm³/mol. The second kappa shape index (κ2) is 4.07. The lowest BCUT2D eigenvalue weighted by Crippen LogP contribution is -2.15. The monoisotopic (exact) mass is 249 g/mol. The molecule has 2 N–H and O–H groups in total. The summed E-state index contributed by atoms with van der Waals surface area (Å²) in [5, 5.41) is 3.65. The number of hydrogen-bond acceptors (Lipinski definition) is 4. The van der Waals surface area contributed by atoms with Crippen molar-refractivity contribution in [1.29, 1.82) is 0 Å². The van der Waals surface area contributed by atoms with Gasteiger partial charge < -0.3 is 5.73 Å². The molecule has 0 spiro atoms. The highest BCUT2D eigenvalue weighted by molar-refractivity contribution is 7.40. The van der Waals surface area contributed by atoms with Gasteiger partial charge in [-0.2, -0.15) is 9.97 Å². The molecule has 0 radical (unpaired) electrons. The molecule has 0 saturated carbocycles. The highest BCUT2D eigenvalue weighted by Gasteiger charge is 2.23. The molecule has 0 amide bonds. The summed E-state index contributed by atoms with van der Waals surface area (Å²) in [6.07, 6.45) is 1.80. The highest BCUT2D eigenvalue weighted by atomic mass is 32.2. The maximum Gasteiger partial charge on any atom is 0.344 e. The fraction of sp³-hybridized carbons (Fsp3) is 0.417. The van der Waals surface area contributed by atoms with Gasteiger partial charge in [-0.3, -0.25) is 0 Å². The van der Waals surface area contributed by atoms with Crippen LogP contribution in [0.25, 0.3) is 5.03 Å². The number of nitrogen functional groups attached to an aromatic ring is 1. The third-order valence-corrected chi connectivity index (χ3v) is 4.12. The van der Waals surface area contributed by atoms with Gasteiger partial charge in [0.25, 0.3) is 5.03 Å². The van der Waals surface area contributed by atoms with Crippen LogP contribution >= 0.6 is 10.5 Å². The van der Waals surface area contributed by atoms with E-state index in [1.54, 1.807) is 6.20 Å². The molecule has 17 heavy (non-hydrogen) atoms. The highest BCUT2D eigenvalue weighted by Crippen LogP contribution is 2.36. The van der Waals surface area contributed by atoms with Crippen LogP contribution in [0.2, 0.25) is 0 Å². The summed E-state index contributed by atoms with van der Waals surface area (Å²) in [7, 11) is -0.296. The van der Waals surface area contributed by atoms with E-state index in [9.17, 15) is 0 Å². The summed E-state index contributed by atoms with van der Waals surface area (Å²) in [4.78, 5) is 13.2. The first kappa shape index (κ1) is 12.0. The van der Waals surface area contributed by atoms with Crippen molar-refractivity contribution in [2.24, 2.45) is 0 Å². The molecule has 1 unspecified atom stereocenters. The number of nitrogens with zero attached hydrogens (tertiary/aromatic N) is 3. The topological polar surface area (TPSA) is 64.7 Å². The van der Waals surface area contributed by atoms with E-state index in [2.05, 4.69) is 41.1 Å². The Morgan fingerprint density at radius 3 is 2.47 bits per heavy atom. The van der Waals surface area contributed by atoms with Crippen LogP contribution in [0.1, 0.15) is 32.3 Å². The fourth-order valence-electron chi connectivity index (χ4n) is 1.47. The van der Waals surface area contributed by atoms with Crippen molar-refractivity contribution in [3.05, 3.63) is 29.2 Å². The third-order valence-electron chi connectivity index (χ3n) is 2.33. The summed E-state index contributed by atoms with van der Waals surface area (Å²) in [5.41, 5.74) is 6.82. The second-order valence-electron chi connectivity index (χ2n) is 5.02. The molecule has 0 aromatic carbocycles. The van der Waals surface area contributed by atoms with E-state index in [4.69, 9.17) is 5.73 Å². The van der Waals surface area contributed by atoms with E-state index >= 15 is 0 Å². The normalized spacial score (nSPS) is 12.8. The zero-order valence-electron chi connectivity index (χ0n) is 10.6. The Balaban J connectivity index is 2.50. The Hall–Kier alpha value is -1.49.